The van der Waals surface area contributed by atoms with Gasteiger partial charge in [0.1, 0.15) is 18.2 Å². The third-order valence-electron chi connectivity index (χ3n) is 3.79. The zero-order valence-corrected chi connectivity index (χ0v) is 12.4. The third-order valence-corrected chi connectivity index (χ3v) is 3.79. The van der Waals surface area contributed by atoms with Gasteiger partial charge in [0.15, 0.2) is 0 Å². The van der Waals surface area contributed by atoms with Crippen molar-refractivity contribution in [2.24, 2.45) is 0 Å². The molecule has 3 aromatic rings. The molecule has 0 bridgehead atoms. The van der Waals surface area contributed by atoms with Gasteiger partial charge in [0.25, 0.3) is 0 Å². The predicted octanol–water partition coefficient (Wildman–Crippen LogP) is 3.35. The Balaban J connectivity index is 2.32. The van der Waals surface area contributed by atoms with Crippen LogP contribution in [0, 0.1) is 13.8 Å². The molecule has 1 aromatic heterocycles. The van der Waals surface area contributed by atoms with Crippen LogP contribution in [0.3, 0.4) is 0 Å². The van der Waals surface area contributed by atoms with Gasteiger partial charge in [0.05, 0.1) is 18.1 Å². The smallest absolute Gasteiger partial charge is 0.133 e. The lowest BCUT2D eigenvalue weighted by Crippen LogP contribution is -1.93. The Bertz CT molecular complexity index is 806. The van der Waals surface area contributed by atoms with E-state index in [1.807, 2.05) is 18.2 Å². The quantitative estimate of drug-likeness (QED) is 0.774. The monoisotopic (exact) mass is 282 g/mol. The van der Waals surface area contributed by atoms with Crippen molar-refractivity contribution in [3.05, 3.63) is 47.3 Å². The van der Waals surface area contributed by atoms with Crippen molar-refractivity contribution >= 4 is 11.0 Å². The van der Waals surface area contributed by atoms with Crippen molar-refractivity contribution in [2.75, 3.05) is 7.11 Å². The topological polar surface area (TPSA) is 58.1 Å². The number of methoxy groups -OCH3 is 1. The van der Waals surface area contributed by atoms with E-state index in [2.05, 4.69) is 35.9 Å². The molecule has 2 N–H and O–H groups in total. The minimum Gasteiger partial charge on any atom is -0.496 e. The fraction of sp³-hybridized carbons (Fsp3) is 0.235. The number of H-pyrrole nitrogens is 1. The molecule has 0 fully saturated rings. The number of benzene rings is 2. The SMILES string of the molecule is COc1ccccc1-c1c(C)cc2[nH]c(CO)nc2c1C. The highest BCUT2D eigenvalue weighted by Gasteiger charge is 2.15. The fourth-order valence-corrected chi connectivity index (χ4v) is 2.87. The Kier molecular flexibility index (Phi) is 3.39. The van der Waals surface area contributed by atoms with Crippen LogP contribution < -0.4 is 4.74 Å². The molecule has 21 heavy (non-hydrogen) atoms. The zero-order chi connectivity index (χ0) is 15.0. The van der Waals surface area contributed by atoms with Crippen LogP contribution in [0.4, 0.5) is 0 Å². The Morgan fingerprint density at radius 2 is 2.00 bits per heavy atom. The van der Waals surface area contributed by atoms with Crippen molar-refractivity contribution in [1.82, 2.24) is 9.97 Å². The first-order valence-corrected chi connectivity index (χ1v) is 6.88. The van der Waals surface area contributed by atoms with Crippen LogP contribution in [0.1, 0.15) is 17.0 Å². The second kappa shape index (κ2) is 5.22. The number of aliphatic hydroxyl groups is 1. The number of aromatic amines is 1. The van der Waals surface area contributed by atoms with E-state index < -0.39 is 0 Å². The lowest BCUT2D eigenvalue weighted by atomic mass is 9.94. The number of nitrogens with zero attached hydrogens (tertiary/aromatic N) is 1. The lowest BCUT2D eigenvalue weighted by molar-refractivity contribution is 0.273. The van der Waals surface area contributed by atoms with E-state index in [-0.39, 0.29) is 6.61 Å². The van der Waals surface area contributed by atoms with E-state index in [0.29, 0.717) is 5.82 Å². The van der Waals surface area contributed by atoms with Gasteiger partial charge in [-0.1, -0.05) is 18.2 Å². The number of fused-ring (bicyclic) bond motifs is 1. The number of rotatable bonds is 3. The predicted molar refractivity (Wildman–Crippen MR) is 83.5 cm³/mol. The number of ether oxygens (including phenoxy) is 1. The number of aliphatic hydroxyl groups excluding tert-OH is 1. The van der Waals surface area contributed by atoms with Crippen LogP contribution in [0.25, 0.3) is 22.2 Å². The largest absolute Gasteiger partial charge is 0.496 e. The Hall–Kier alpha value is -2.33. The van der Waals surface area contributed by atoms with Crippen molar-refractivity contribution in [3.8, 4) is 16.9 Å². The summed E-state index contributed by atoms with van der Waals surface area (Å²) in [5.41, 5.74) is 6.28. The zero-order valence-electron chi connectivity index (χ0n) is 12.4. The van der Waals surface area contributed by atoms with Crippen LogP contribution in [0.2, 0.25) is 0 Å². The summed E-state index contributed by atoms with van der Waals surface area (Å²) in [6, 6.07) is 10.0. The summed E-state index contributed by atoms with van der Waals surface area (Å²) in [5.74, 6) is 1.44. The minimum absolute atomic E-state index is 0.0862. The van der Waals surface area contributed by atoms with E-state index in [1.54, 1.807) is 7.11 Å². The number of hydrogen-bond acceptors (Lipinski definition) is 3. The summed E-state index contributed by atoms with van der Waals surface area (Å²) in [6.07, 6.45) is 0. The molecule has 2 aromatic carbocycles. The average Bonchev–Trinajstić information content (AvgIpc) is 2.91. The van der Waals surface area contributed by atoms with Crippen molar-refractivity contribution < 1.29 is 9.84 Å². The molecule has 0 unspecified atom stereocenters. The summed E-state index contributed by atoms with van der Waals surface area (Å²) in [7, 11) is 1.68. The molecule has 1 heterocycles. The van der Waals surface area contributed by atoms with Gasteiger partial charge in [0.2, 0.25) is 0 Å². The van der Waals surface area contributed by atoms with Gasteiger partial charge >= 0.3 is 0 Å². The van der Waals surface area contributed by atoms with Crippen LogP contribution in [0.15, 0.2) is 30.3 Å². The van der Waals surface area contributed by atoms with Gasteiger partial charge in [-0.25, -0.2) is 4.98 Å². The van der Waals surface area contributed by atoms with E-state index in [1.165, 1.54) is 0 Å². The van der Waals surface area contributed by atoms with Gasteiger partial charge in [-0.3, -0.25) is 0 Å². The number of nitrogens with one attached hydrogen (secondary N) is 1. The van der Waals surface area contributed by atoms with Crippen LogP contribution in [-0.4, -0.2) is 22.2 Å². The van der Waals surface area contributed by atoms with E-state index in [0.717, 1.165) is 39.0 Å². The average molecular weight is 282 g/mol. The summed E-state index contributed by atoms with van der Waals surface area (Å²) < 4.78 is 5.48. The van der Waals surface area contributed by atoms with Crippen LogP contribution in [-0.2, 0) is 6.61 Å². The van der Waals surface area contributed by atoms with Gasteiger partial charge in [-0.15, -0.1) is 0 Å². The van der Waals surface area contributed by atoms with Gasteiger partial charge in [-0.05, 0) is 42.7 Å². The maximum absolute atomic E-state index is 9.25. The molecule has 0 radical (unpaired) electrons. The van der Waals surface area contributed by atoms with E-state index >= 15 is 0 Å². The van der Waals surface area contributed by atoms with Crippen LogP contribution in [0.5, 0.6) is 5.75 Å². The molecule has 0 aliphatic heterocycles. The molecule has 4 nitrogen and oxygen atoms in total. The van der Waals surface area contributed by atoms with Crippen molar-refractivity contribution in [1.29, 1.82) is 0 Å². The summed E-state index contributed by atoms with van der Waals surface area (Å²) in [5, 5.41) is 9.25. The molecule has 108 valence electrons. The van der Waals surface area contributed by atoms with Crippen molar-refractivity contribution in [3.63, 3.8) is 0 Å². The first-order valence-electron chi connectivity index (χ1n) is 6.88. The maximum atomic E-state index is 9.25. The fourth-order valence-electron chi connectivity index (χ4n) is 2.87. The number of imidazole rings is 1. The second-order valence-electron chi connectivity index (χ2n) is 5.13. The highest BCUT2D eigenvalue weighted by Crippen LogP contribution is 2.37. The van der Waals surface area contributed by atoms with Gasteiger partial charge < -0.3 is 14.8 Å². The minimum atomic E-state index is -0.0862. The Morgan fingerprint density at radius 3 is 2.71 bits per heavy atom. The molecule has 0 aliphatic carbocycles. The molecule has 0 aliphatic rings. The molecule has 0 saturated carbocycles. The maximum Gasteiger partial charge on any atom is 0.133 e. The molecular weight excluding hydrogens is 264 g/mol. The van der Waals surface area contributed by atoms with Gasteiger partial charge in [-0.2, -0.15) is 0 Å². The normalized spacial score (nSPS) is 11.0. The Labute approximate surface area is 123 Å². The van der Waals surface area contributed by atoms with E-state index in [4.69, 9.17) is 4.74 Å². The molecule has 0 saturated heterocycles. The third kappa shape index (κ3) is 2.17. The Morgan fingerprint density at radius 1 is 1.24 bits per heavy atom. The van der Waals surface area contributed by atoms with Crippen molar-refractivity contribution in [2.45, 2.75) is 20.5 Å². The highest BCUT2D eigenvalue weighted by molar-refractivity contribution is 5.90. The molecule has 0 amide bonds. The summed E-state index contributed by atoms with van der Waals surface area (Å²) in [6.45, 7) is 4.05. The molecule has 3 rings (SSSR count). The highest BCUT2D eigenvalue weighted by atomic mass is 16.5. The molecule has 0 spiro atoms. The number of aromatic nitrogens is 2. The number of hydrogen-bond donors (Lipinski definition) is 2. The molecule has 4 heteroatoms. The number of aryl methyl sites for hydroxylation is 2. The van der Waals surface area contributed by atoms with Crippen LogP contribution >= 0.6 is 0 Å². The second-order valence-corrected chi connectivity index (χ2v) is 5.13. The van der Waals surface area contributed by atoms with Gasteiger partial charge in [0, 0.05) is 5.56 Å². The number of para-hydroxylation sites is 1. The first-order chi connectivity index (χ1) is 10.2. The summed E-state index contributed by atoms with van der Waals surface area (Å²) >= 11 is 0. The standard InChI is InChI=1S/C17H18N2O2/c1-10-8-13-17(19-15(9-20)18-13)11(2)16(10)12-6-4-5-7-14(12)21-3/h4-8,20H,9H2,1-3H3,(H,18,19). The summed E-state index contributed by atoms with van der Waals surface area (Å²) in [4.78, 5) is 7.61. The van der Waals surface area contributed by atoms with E-state index in [9.17, 15) is 5.11 Å². The lowest BCUT2D eigenvalue weighted by Gasteiger charge is -2.14. The molecular formula is C17H18N2O2. The first kappa shape index (κ1) is 13.6. The molecule has 0 atom stereocenters.